The zero-order valence-electron chi connectivity index (χ0n) is 18.0. The number of halogens is 3. The molecule has 0 radical (unpaired) electrons. The van der Waals surface area contributed by atoms with Gasteiger partial charge in [0.2, 0.25) is 5.91 Å². The molecule has 2 heterocycles. The highest BCUT2D eigenvalue weighted by atomic mass is 19.4. The molecule has 2 bridgehead atoms. The molecule has 174 valence electrons. The first kappa shape index (κ1) is 22.0. The van der Waals surface area contributed by atoms with Gasteiger partial charge in [-0.1, -0.05) is 42.5 Å². The van der Waals surface area contributed by atoms with Crippen LogP contribution in [-0.4, -0.2) is 35.4 Å². The minimum atomic E-state index is -4.49. The van der Waals surface area contributed by atoms with E-state index in [1.165, 1.54) is 4.90 Å². The fraction of sp³-hybridized carbons (Fsp3) is 0.231. The molecule has 34 heavy (non-hydrogen) atoms. The van der Waals surface area contributed by atoms with Crippen LogP contribution in [0.3, 0.4) is 0 Å². The van der Waals surface area contributed by atoms with Gasteiger partial charge in [-0.2, -0.15) is 13.2 Å². The van der Waals surface area contributed by atoms with E-state index in [1.807, 2.05) is 48.5 Å². The summed E-state index contributed by atoms with van der Waals surface area (Å²) in [5.74, 6) is -0.190. The van der Waals surface area contributed by atoms with E-state index < -0.39 is 29.8 Å². The minimum Gasteiger partial charge on any atom is -0.486 e. The smallest absolute Gasteiger partial charge is 0.416 e. The molecule has 3 aromatic rings. The predicted molar refractivity (Wildman–Crippen MR) is 119 cm³/mol. The van der Waals surface area contributed by atoms with Crippen molar-refractivity contribution in [2.75, 3.05) is 11.4 Å². The molecule has 2 aliphatic heterocycles. The first-order valence-corrected chi connectivity index (χ1v) is 10.9. The van der Waals surface area contributed by atoms with Crippen molar-refractivity contribution in [3.05, 3.63) is 95.6 Å². The van der Waals surface area contributed by atoms with Crippen LogP contribution < -0.4 is 9.64 Å². The SMILES string of the molecule is O=C1C2CC(CN2C(=O)c2ccc(C(F)(F)F)cc2)Oc2ccccc2N1Cc1ccccc1. The van der Waals surface area contributed by atoms with Gasteiger partial charge in [0.1, 0.15) is 17.9 Å². The van der Waals surface area contributed by atoms with Gasteiger partial charge in [-0.15, -0.1) is 0 Å². The average Bonchev–Trinajstić information content (AvgIpc) is 3.27. The molecule has 0 spiro atoms. The van der Waals surface area contributed by atoms with Crippen molar-refractivity contribution in [3.63, 3.8) is 0 Å². The van der Waals surface area contributed by atoms with Crippen LogP contribution in [0.2, 0.25) is 0 Å². The van der Waals surface area contributed by atoms with Gasteiger partial charge in [-0.05, 0) is 42.0 Å². The zero-order chi connectivity index (χ0) is 23.9. The second kappa shape index (κ2) is 8.52. The number of alkyl halides is 3. The highest BCUT2D eigenvalue weighted by molar-refractivity contribution is 6.03. The Morgan fingerprint density at radius 2 is 1.62 bits per heavy atom. The number of hydrogen-bond acceptors (Lipinski definition) is 3. The Morgan fingerprint density at radius 1 is 0.941 bits per heavy atom. The Morgan fingerprint density at radius 3 is 2.32 bits per heavy atom. The quantitative estimate of drug-likeness (QED) is 0.551. The molecule has 0 saturated carbocycles. The van der Waals surface area contributed by atoms with Crippen molar-refractivity contribution in [3.8, 4) is 5.75 Å². The largest absolute Gasteiger partial charge is 0.486 e. The van der Waals surface area contributed by atoms with Gasteiger partial charge in [-0.25, -0.2) is 0 Å². The molecule has 2 atom stereocenters. The van der Waals surface area contributed by atoms with E-state index in [-0.39, 0.29) is 18.0 Å². The molecule has 0 aliphatic carbocycles. The molecule has 1 fully saturated rings. The molecular weight excluding hydrogens is 445 g/mol. The van der Waals surface area contributed by atoms with Gasteiger partial charge < -0.3 is 14.5 Å². The Hall–Kier alpha value is -3.81. The van der Waals surface area contributed by atoms with Gasteiger partial charge in [0.15, 0.2) is 0 Å². The summed E-state index contributed by atoms with van der Waals surface area (Å²) < 4.78 is 45.0. The van der Waals surface area contributed by atoms with E-state index in [4.69, 9.17) is 4.74 Å². The van der Waals surface area contributed by atoms with Gasteiger partial charge in [0.25, 0.3) is 5.91 Å². The number of hydrogen-bond donors (Lipinski definition) is 0. The van der Waals surface area contributed by atoms with Crippen LogP contribution in [0.4, 0.5) is 18.9 Å². The molecule has 3 aromatic carbocycles. The number of amides is 2. The lowest BCUT2D eigenvalue weighted by atomic mass is 10.1. The molecule has 2 amide bonds. The number of anilines is 1. The number of nitrogens with zero attached hydrogens (tertiary/aromatic N) is 2. The fourth-order valence-electron chi connectivity index (χ4n) is 4.50. The van der Waals surface area contributed by atoms with E-state index in [0.717, 1.165) is 29.8 Å². The summed E-state index contributed by atoms with van der Waals surface area (Å²) in [4.78, 5) is 30.1. The van der Waals surface area contributed by atoms with Crippen LogP contribution in [0.25, 0.3) is 0 Å². The summed E-state index contributed by atoms with van der Waals surface area (Å²) >= 11 is 0. The number of carbonyl (C=O) groups is 2. The molecule has 0 N–H and O–H groups in total. The Balaban J connectivity index is 1.47. The van der Waals surface area contributed by atoms with Crippen LogP contribution in [-0.2, 0) is 17.5 Å². The van der Waals surface area contributed by atoms with E-state index >= 15 is 0 Å². The zero-order valence-corrected chi connectivity index (χ0v) is 18.0. The summed E-state index contributed by atoms with van der Waals surface area (Å²) in [6.45, 7) is 0.466. The van der Waals surface area contributed by atoms with Gasteiger partial charge in [0, 0.05) is 12.0 Å². The topological polar surface area (TPSA) is 49.9 Å². The number of carbonyl (C=O) groups excluding carboxylic acids is 2. The van der Waals surface area contributed by atoms with Gasteiger partial charge >= 0.3 is 6.18 Å². The van der Waals surface area contributed by atoms with Crippen molar-refractivity contribution in [2.24, 2.45) is 0 Å². The van der Waals surface area contributed by atoms with Crippen molar-refractivity contribution in [1.29, 1.82) is 0 Å². The number of ether oxygens (including phenoxy) is 1. The summed E-state index contributed by atoms with van der Waals surface area (Å²) in [7, 11) is 0. The van der Waals surface area contributed by atoms with Crippen molar-refractivity contribution in [2.45, 2.75) is 31.3 Å². The minimum absolute atomic E-state index is 0.0952. The van der Waals surface area contributed by atoms with Gasteiger partial charge in [-0.3, -0.25) is 9.59 Å². The number of fused-ring (bicyclic) bond motifs is 3. The summed E-state index contributed by atoms with van der Waals surface area (Å²) in [5, 5.41) is 0. The number of rotatable bonds is 3. The average molecular weight is 466 g/mol. The van der Waals surface area contributed by atoms with Crippen molar-refractivity contribution >= 4 is 17.5 Å². The lowest BCUT2D eigenvalue weighted by Crippen LogP contribution is -2.47. The summed E-state index contributed by atoms with van der Waals surface area (Å²) in [5.41, 5.74) is 0.802. The van der Waals surface area contributed by atoms with E-state index in [9.17, 15) is 22.8 Å². The maximum absolute atomic E-state index is 13.8. The van der Waals surface area contributed by atoms with Crippen LogP contribution >= 0.6 is 0 Å². The first-order valence-electron chi connectivity index (χ1n) is 10.9. The third-order valence-corrected chi connectivity index (χ3v) is 6.17. The normalized spacial score (nSPS) is 19.8. The molecule has 0 aromatic heterocycles. The Bertz CT molecular complexity index is 1210. The van der Waals surface area contributed by atoms with E-state index in [1.54, 1.807) is 11.0 Å². The Labute approximate surface area is 194 Å². The Kier molecular flexibility index (Phi) is 5.51. The highest BCUT2D eigenvalue weighted by Gasteiger charge is 2.45. The fourth-order valence-corrected chi connectivity index (χ4v) is 4.50. The number of para-hydroxylation sites is 2. The third-order valence-electron chi connectivity index (χ3n) is 6.17. The monoisotopic (exact) mass is 466 g/mol. The van der Waals surface area contributed by atoms with Crippen molar-refractivity contribution < 1.29 is 27.5 Å². The third kappa shape index (κ3) is 4.11. The van der Waals surface area contributed by atoms with E-state index in [2.05, 4.69) is 0 Å². The molecule has 5 rings (SSSR count). The van der Waals surface area contributed by atoms with Gasteiger partial charge in [0.05, 0.1) is 24.3 Å². The van der Waals surface area contributed by atoms with Crippen molar-refractivity contribution in [1.82, 2.24) is 4.90 Å². The van der Waals surface area contributed by atoms with Crippen LogP contribution in [0, 0.1) is 0 Å². The molecule has 8 heteroatoms. The maximum atomic E-state index is 13.8. The lowest BCUT2D eigenvalue weighted by molar-refractivity contribution is -0.137. The standard InChI is InChI=1S/C26H21F3N2O3/c27-26(28,29)19-12-10-18(11-13-19)24(32)31-16-20-14-22(31)25(33)30(15-17-6-2-1-3-7-17)21-8-4-5-9-23(21)34-20/h1-13,20,22H,14-16H2. The molecule has 2 unspecified atom stereocenters. The first-order chi connectivity index (χ1) is 16.3. The highest BCUT2D eigenvalue weighted by Crippen LogP contribution is 2.37. The number of benzene rings is 3. The molecule has 1 saturated heterocycles. The summed E-state index contributed by atoms with van der Waals surface area (Å²) in [6, 6.07) is 20.0. The second-order valence-corrected chi connectivity index (χ2v) is 8.40. The maximum Gasteiger partial charge on any atom is 0.416 e. The molecular formula is C26H21F3N2O3. The number of likely N-dealkylation sites (tertiary alicyclic amines) is 1. The lowest BCUT2D eigenvalue weighted by Gasteiger charge is -2.32. The van der Waals surface area contributed by atoms with E-state index in [0.29, 0.717) is 24.4 Å². The second-order valence-electron chi connectivity index (χ2n) is 8.40. The summed E-state index contributed by atoms with van der Waals surface area (Å²) in [6.07, 6.45) is -4.58. The predicted octanol–water partition coefficient (Wildman–Crippen LogP) is 4.91. The molecule has 5 nitrogen and oxygen atoms in total. The van der Waals surface area contributed by atoms with Crippen LogP contribution in [0.15, 0.2) is 78.9 Å². The van der Waals surface area contributed by atoms with Crippen LogP contribution in [0.5, 0.6) is 5.75 Å². The van der Waals surface area contributed by atoms with Crippen LogP contribution in [0.1, 0.15) is 27.9 Å². The molecule has 2 aliphatic rings.